The second-order valence-corrected chi connectivity index (χ2v) is 4.72. The van der Waals surface area contributed by atoms with Crippen LogP contribution in [0.2, 0.25) is 0 Å². The van der Waals surface area contributed by atoms with Crippen LogP contribution in [0.4, 0.5) is 0 Å². The first-order valence-corrected chi connectivity index (χ1v) is 6.94. The molecule has 3 nitrogen and oxygen atoms in total. The molecule has 0 bridgehead atoms. The third kappa shape index (κ3) is 3.48. The molecule has 0 radical (unpaired) electrons. The Morgan fingerprint density at radius 2 is 1.94 bits per heavy atom. The van der Waals surface area contributed by atoms with Crippen LogP contribution in [0.3, 0.4) is 0 Å². The number of thioether (sulfide) groups is 1. The Hall–Kier alpha value is -1.52. The van der Waals surface area contributed by atoms with Gasteiger partial charge in [-0.3, -0.25) is 4.98 Å². The predicted octanol–water partition coefficient (Wildman–Crippen LogP) is 3.32. The van der Waals surface area contributed by atoms with Crippen LogP contribution in [-0.2, 0) is 6.54 Å². The van der Waals surface area contributed by atoms with Gasteiger partial charge in [-0.15, -0.1) is 11.8 Å². The molecule has 1 heterocycles. The van der Waals surface area contributed by atoms with Gasteiger partial charge in [0, 0.05) is 17.6 Å². The molecule has 0 amide bonds. The molecule has 4 heteroatoms. The molecule has 0 aliphatic rings. The van der Waals surface area contributed by atoms with Crippen LogP contribution in [0.25, 0.3) is 0 Å². The van der Waals surface area contributed by atoms with E-state index < -0.39 is 0 Å². The van der Waals surface area contributed by atoms with Crippen LogP contribution >= 0.6 is 11.8 Å². The van der Waals surface area contributed by atoms with E-state index in [1.165, 1.54) is 4.90 Å². The standard InChI is InChI=1S/C14H16N2OS/c1-15-8-11-7-13(10-16-9-11)17-12-3-5-14(18-2)6-4-12/h3-7,9-10,15H,8H2,1-2H3. The first-order valence-electron chi connectivity index (χ1n) is 5.72. The average Bonchev–Trinajstić information content (AvgIpc) is 2.40. The van der Waals surface area contributed by atoms with Gasteiger partial charge in [-0.1, -0.05) is 0 Å². The Morgan fingerprint density at radius 3 is 2.61 bits per heavy atom. The molecular weight excluding hydrogens is 244 g/mol. The first kappa shape index (κ1) is 12.9. The summed E-state index contributed by atoms with van der Waals surface area (Å²) in [6, 6.07) is 10.0. The van der Waals surface area contributed by atoms with E-state index in [0.717, 1.165) is 23.6 Å². The summed E-state index contributed by atoms with van der Waals surface area (Å²) in [6.45, 7) is 0.787. The number of aromatic nitrogens is 1. The van der Waals surface area contributed by atoms with Gasteiger partial charge in [-0.05, 0) is 49.2 Å². The summed E-state index contributed by atoms with van der Waals surface area (Å²) >= 11 is 1.72. The number of benzene rings is 1. The molecule has 0 saturated heterocycles. The second-order valence-electron chi connectivity index (χ2n) is 3.84. The number of rotatable bonds is 5. The van der Waals surface area contributed by atoms with E-state index in [-0.39, 0.29) is 0 Å². The lowest BCUT2D eigenvalue weighted by Crippen LogP contribution is -2.05. The van der Waals surface area contributed by atoms with Crippen molar-refractivity contribution in [3.63, 3.8) is 0 Å². The second kappa shape index (κ2) is 6.42. The fourth-order valence-corrected chi connectivity index (χ4v) is 2.01. The predicted molar refractivity (Wildman–Crippen MR) is 75.3 cm³/mol. The highest BCUT2D eigenvalue weighted by Crippen LogP contribution is 2.24. The Labute approximate surface area is 112 Å². The van der Waals surface area contributed by atoms with Crippen LogP contribution in [-0.4, -0.2) is 18.3 Å². The van der Waals surface area contributed by atoms with Crippen molar-refractivity contribution in [2.75, 3.05) is 13.3 Å². The van der Waals surface area contributed by atoms with Crippen LogP contribution in [0, 0.1) is 0 Å². The zero-order chi connectivity index (χ0) is 12.8. The number of ether oxygens (including phenoxy) is 1. The third-order valence-electron chi connectivity index (χ3n) is 2.45. The maximum atomic E-state index is 5.77. The van der Waals surface area contributed by atoms with Gasteiger partial charge < -0.3 is 10.1 Å². The SMILES string of the molecule is CNCc1cncc(Oc2ccc(SC)cc2)c1. The molecule has 0 atom stereocenters. The van der Waals surface area contributed by atoms with Crippen LogP contribution in [0.15, 0.2) is 47.6 Å². The first-order chi connectivity index (χ1) is 8.81. The molecule has 1 aromatic heterocycles. The summed E-state index contributed by atoms with van der Waals surface area (Å²) in [5.74, 6) is 1.59. The molecule has 1 aromatic carbocycles. The lowest BCUT2D eigenvalue weighted by molar-refractivity contribution is 0.478. The molecule has 0 unspecified atom stereocenters. The summed E-state index contributed by atoms with van der Waals surface area (Å²) in [6.07, 6.45) is 5.61. The fraction of sp³-hybridized carbons (Fsp3) is 0.214. The minimum atomic E-state index is 0.764. The van der Waals surface area contributed by atoms with Crippen LogP contribution in [0.1, 0.15) is 5.56 Å². The molecule has 2 aromatic rings. The average molecular weight is 260 g/mol. The zero-order valence-corrected chi connectivity index (χ0v) is 11.3. The Bertz CT molecular complexity index is 499. The van der Waals surface area contributed by atoms with Gasteiger partial charge in [0.1, 0.15) is 11.5 Å². The summed E-state index contributed by atoms with van der Waals surface area (Å²) < 4.78 is 5.77. The molecule has 1 N–H and O–H groups in total. The maximum Gasteiger partial charge on any atom is 0.146 e. The third-order valence-corrected chi connectivity index (χ3v) is 3.19. The van der Waals surface area contributed by atoms with Crippen molar-refractivity contribution in [3.8, 4) is 11.5 Å². The van der Waals surface area contributed by atoms with E-state index in [1.807, 2.05) is 43.6 Å². The van der Waals surface area contributed by atoms with Gasteiger partial charge in [-0.25, -0.2) is 0 Å². The Balaban J connectivity index is 2.09. The Morgan fingerprint density at radius 1 is 1.17 bits per heavy atom. The summed E-state index contributed by atoms with van der Waals surface area (Å²) in [5.41, 5.74) is 1.11. The van der Waals surface area contributed by atoms with Crippen molar-refractivity contribution in [3.05, 3.63) is 48.3 Å². The topological polar surface area (TPSA) is 34.2 Å². The molecule has 0 aliphatic heterocycles. The molecule has 0 spiro atoms. The molecule has 94 valence electrons. The van der Waals surface area contributed by atoms with Gasteiger partial charge >= 0.3 is 0 Å². The molecule has 18 heavy (non-hydrogen) atoms. The van der Waals surface area contributed by atoms with Crippen molar-refractivity contribution < 1.29 is 4.74 Å². The highest BCUT2D eigenvalue weighted by Gasteiger charge is 2.00. The summed E-state index contributed by atoms with van der Waals surface area (Å²) in [7, 11) is 1.91. The number of nitrogens with one attached hydrogen (secondary N) is 1. The Kier molecular flexibility index (Phi) is 4.61. The van der Waals surface area contributed by atoms with E-state index in [9.17, 15) is 0 Å². The smallest absolute Gasteiger partial charge is 0.146 e. The molecular formula is C14H16N2OS. The molecule has 0 fully saturated rings. The van der Waals surface area contributed by atoms with Gasteiger partial charge in [0.2, 0.25) is 0 Å². The lowest BCUT2D eigenvalue weighted by Gasteiger charge is -2.07. The van der Waals surface area contributed by atoms with E-state index in [2.05, 4.69) is 16.6 Å². The van der Waals surface area contributed by atoms with Crippen molar-refractivity contribution in [1.82, 2.24) is 10.3 Å². The normalized spacial score (nSPS) is 10.3. The van der Waals surface area contributed by atoms with Gasteiger partial charge in [0.25, 0.3) is 0 Å². The minimum absolute atomic E-state index is 0.764. The monoisotopic (exact) mass is 260 g/mol. The fourth-order valence-electron chi connectivity index (χ4n) is 1.60. The zero-order valence-electron chi connectivity index (χ0n) is 10.5. The van der Waals surface area contributed by atoms with E-state index in [0.29, 0.717) is 0 Å². The highest BCUT2D eigenvalue weighted by atomic mass is 32.2. The lowest BCUT2D eigenvalue weighted by atomic mass is 10.3. The summed E-state index contributed by atoms with van der Waals surface area (Å²) in [4.78, 5) is 5.39. The quantitative estimate of drug-likeness (QED) is 0.836. The highest BCUT2D eigenvalue weighted by molar-refractivity contribution is 7.98. The largest absolute Gasteiger partial charge is 0.456 e. The minimum Gasteiger partial charge on any atom is -0.456 e. The van der Waals surface area contributed by atoms with E-state index in [1.54, 1.807) is 18.0 Å². The number of nitrogens with zero attached hydrogens (tertiary/aromatic N) is 1. The van der Waals surface area contributed by atoms with Crippen LogP contribution in [0.5, 0.6) is 11.5 Å². The van der Waals surface area contributed by atoms with Crippen molar-refractivity contribution in [1.29, 1.82) is 0 Å². The van der Waals surface area contributed by atoms with E-state index >= 15 is 0 Å². The molecule has 0 aliphatic carbocycles. The number of pyridine rings is 1. The van der Waals surface area contributed by atoms with Crippen molar-refractivity contribution in [2.24, 2.45) is 0 Å². The van der Waals surface area contributed by atoms with Crippen LogP contribution < -0.4 is 10.1 Å². The number of hydrogen-bond acceptors (Lipinski definition) is 4. The summed E-state index contributed by atoms with van der Waals surface area (Å²) in [5, 5.41) is 3.09. The van der Waals surface area contributed by atoms with Gasteiger partial charge in [-0.2, -0.15) is 0 Å². The van der Waals surface area contributed by atoms with Gasteiger partial charge in [0.05, 0.1) is 6.20 Å². The van der Waals surface area contributed by atoms with E-state index in [4.69, 9.17) is 4.74 Å². The van der Waals surface area contributed by atoms with Crippen molar-refractivity contribution in [2.45, 2.75) is 11.4 Å². The molecule has 0 saturated carbocycles. The van der Waals surface area contributed by atoms with Crippen molar-refractivity contribution >= 4 is 11.8 Å². The van der Waals surface area contributed by atoms with Gasteiger partial charge in [0.15, 0.2) is 0 Å². The molecule has 2 rings (SSSR count). The maximum absolute atomic E-state index is 5.77. The number of hydrogen-bond donors (Lipinski definition) is 1.